The minimum absolute atomic E-state index is 0.00966. The van der Waals surface area contributed by atoms with Gasteiger partial charge in [0.05, 0.1) is 36.7 Å². The summed E-state index contributed by atoms with van der Waals surface area (Å²) in [6, 6.07) is 11.1. The van der Waals surface area contributed by atoms with E-state index in [2.05, 4.69) is 14.8 Å². The molecule has 4 rings (SSSR count). The van der Waals surface area contributed by atoms with E-state index >= 15 is 0 Å². The zero-order valence-electron chi connectivity index (χ0n) is 18.7. The monoisotopic (exact) mass is 498 g/mol. The molecule has 0 aliphatic heterocycles. The van der Waals surface area contributed by atoms with Crippen molar-refractivity contribution in [3.63, 3.8) is 0 Å². The molecule has 36 heavy (non-hydrogen) atoms. The van der Waals surface area contributed by atoms with Crippen molar-refractivity contribution in [2.45, 2.75) is 6.54 Å². The summed E-state index contributed by atoms with van der Waals surface area (Å²) in [5.41, 5.74) is 8.02. The molecule has 0 aliphatic rings. The number of aromatic nitrogens is 2. The number of benzene rings is 2. The molecule has 0 saturated heterocycles. The summed E-state index contributed by atoms with van der Waals surface area (Å²) in [5, 5.41) is 10.5. The number of nitrogens with two attached hydrogens (primary N) is 2. The van der Waals surface area contributed by atoms with Gasteiger partial charge in [-0.25, -0.2) is 29.5 Å². The van der Waals surface area contributed by atoms with Crippen LogP contribution in [0.25, 0.3) is 22.2 Å². The van der Waals surface area contributed by atoms with Crippen molar-refractivity contribution in [3.8, 4) is 11.3 Å². The number of hydroxylamine groups is 1. The number of carbonyl (C=O) groups excluding carboxylic acids is 1. The number of nitrogens with zero attached hydrogens (tertiary/aromatic N) is 3. The number of hydrogen-bond donors (Lipinski definition) is 4. The van der Waals surface area contributed by atoms with Crippen LogP contribution in [0, 0.1) is 17.5 Å². The Hall–Kier alpha value is -4.26. The Labute approximate surface area is 203 Å². The average molecular weight is 498 g/mol. The lowest BCUT2D eigenvalue weighted by atomic mass is 10.1. The predicted molar refractivity (Wildman–Crippen MR) is 127 cm³/mol. The summed E-state index contributed by atoms with van der Waals surface area (Å²) < 4.78 is 43.8. The fourth-order valence-electron chi connectivity index (χ4n) is 3.52. The van der Waals surface area contributed by atoms with Crippen LogP contribution in [-0.2, 0) is 11.4 Å². The van der Waals surface area contributed by atoms with Gasteiger partial charge in [0.2, 0.25) is 0 Å². The molecule has 0 spiro atoms. The van der Waals surface area contributed by atoms with E-state index < -0.39 is 35.5 Å². The molecule has 12 heteroatoms. The number of hydrogen-bond acceptors (Lipinski definition) is 8. The van der Waals surface area contributed by atoms with Crippen molar-refractivity contribution in [2.24, 2.45) is 5.84 Å². The Balaban J connectivity index is 1.61. The van der Waals surface area contributed by atoms with Crippen LogP contribution in [0.1, 0.15) is 15.9 Å². The van der Waals surface area contributed by atoms with Gasteiger partial charge in [0.15, 0.2) is 5.82 Å². The van der Waals surface area contributed by atoms with Crippen LogP contribution in [0.5, 0.6) is 0 Å². The van der Waals surface area contributed by atoms with Crippen LogP contribution in [0.4, 0.5) is 24.7 Å². The fraction of sp³-hybridized carbons (Fsp3) is 0.125. The van der Waals surface area contributed by atoms with Crippen LogP contribution in [0.3, 0.4) is 0 Å². The van der Waals surface area contributed by atoms with Crippen LogP contribution in [0.2, 0.25) is 0 Å². The molecule has 0 saturated carbocycles. The normalized spacial score (nSPS) is 11.0. The lowest BCUT2D eigenvalue weighted by Gasteiger charge is -2.21. The maximum Gasteiger partial charge on any atom is 0.280 e. The van der Waals surface area contributed by atoms with Gasteiger partial charge in [0.25, 0.3) is 5.91 Å². The fourth-order valence-corrected chi connectivity index (χ4v) is 3.52. The quantitative estimate of drug-likeness (QED) is 0.165. The average Bonchev–Trinajstić information content (AvgIpc) is 2.84. The Morgan fingerprint density at radius 1 is 1.08 bits per heavy atom. The molecule has 186 valence electrons. The number of aliphatic hydroxyl groups excluding tert-OH is 1. The zero-order valence-corrected chi connectivity index (χ0v) is 18.7. The van der Waals surface area contributed by atoms with E-state index in [-0.39, 0.29) is 41.5 Å². The topological polar surface area (TPSA) is 140 Å². The number of halogens is 3. The number of fused-ring (bicyclic) bond motifs is 1. The molecule has 1 amide bonds. The van der Waals surface area contributed by atoms with Gasteiger partial charge in [-0.3, -0.25) is 19.6 Å². The summed E-state index contributed by atoms with van der Waals surface area (Å²) in [6.45, 7) is -0.744. The van der Waals surface area contributed by atoms with Crippen LogP contribution in [0.15, 0.2) is 54.7 Å². The molecule has 6 N–H and O–H groups in total. The summed E-state index contributed by atoms with van der Waals surface area (Å²) >= 11 is 0. The van der Waals surface area contributed by atoms with Gasteiger partial charge in [-0.15, -0.1) is 0 Å². The summed E-state index contributed by atoms with van der Waals surface area (Å²) in [7, 11) is 0. The number of carbonyl (C=O) groups is 1. The number of anilines is 2. The Morgan fingerprint density at radius 2 is 1.83 bits per heavy atom. The standard InChI is InChI=1S/C24H21F3N6O3/c25-16-11-21-13(2-1-5-30-21)8-15(16)12-33(29)23-19(28)3-4-20(31-23)14-9-17(26)22(18(27)10-14)24(35)32-36-7-6-34/h1-5,8-11,34H,6-7,12,28-29H2,(H,32,35). The van der Waals surface area contributed by atoms with Crippen molar-refractivity contribution < 1.29 is 27.9 Å². The van der Waals surface area contributed by atoms with Crippen molar-refractivity contribution in [3.05, 3.63) is 83.3 Å². The largest absolute Gasteiger partial charge is 0.396 e. The molecule has 0 radical (unpaired) electrons. The van der Waals surface area contributed by atoms with Crippen molar-refractivity contribution in [2.75, 3.05) is 24.0 Å². The Bertz CT molecular complexity index is 1410. The van der Waals surface area contributed by atoms with E-state index in [1.807, 2.05) is 5.48 Å². The highest BCUT2D eigenvalue weighted by Gasteiger charge is 2.21. The molecular formula is C24H21F3N6O3. The Kier molecular flexibility index (Phi) is 7.29. The van der Waals surface area contributed by atoms with Crippen molar-refractivity contribution in [1.82, 2.24) is 15.4 Å². The third-order valence-corrected chi connectivity index (χ3v) is 5.21. The van der Waals surface area contributed by atoms with Gasteiger partial charge in [0.1, 0.15) is 23.0 Å². The minimum atomic E-state index is -1.16. The molecule has 0 bridgehead atoms. The highest BCUT2D eigenvalue weighted by Crippen LogP contribution is 2.29. The maximum atomic E-state index is 14.6. The molecule has 2 heterocycles. The first-order chi connectivity index (χ1) is 17.3. The second-order valence-corrected chi connectivity index (χ2v) is 7.70. The lowest BCUT2D eigenvalue weighted by Crippen LogP contribution is -2.32. The summed E-state index contributed by atoms with van der Waals surface area (Å²) in [4.78, 5) is 25.0. The van der Waals surface area contributed by atoms with Gasteiger partial charge < -0.3 is 10.8 Å². The summed E-state index contributed by atoms with van der Waals surface area (Å²) in [6.07, 6.45) is 1.56. The first kappa shape index (κ1) is 24.9. The lowest BCUT2D eigenvalue weighted by molar-refractivity contribution is 0.0162. The van der Waals surface area contributed by atoms with E-state index in [1.54, 1.807) is 24.4 Å². The second-order valence-electron chi connectivity index (χ2n) is 7.70. The third-order valence-electron chi connectivity index (χ3n) is 5.21. The van der Waals surface area contributed by atoms with E-state index in [4.69, 9.17) is 16.7 Å². The van der Waals surface area contributed by atoms with Crippen LogP contribution >= 0.6 is 0 Å². The number of aliphatic hydroxyl groups is 1. The third kappa shape index (κ3) is 5.20. The molecule has 9 nitrogen and oxygen atoms in total. The van der Waals surface area contributed by atoms with Gasteiger partial charge in [0, 0.05) is 28.8 Å². The minimum Gasteiger partial charge on any atom is -0.396 e. The van der Waals surface area contributed by atoms with Gasteiger partial charge in [-0.2, -0.15) is 0 Å². The number of pyridine rings is 2. The molecule has 4 aromatic rings. The Morgan fingerprint density at radius 3 is 2.56 bits per heavy atom. The number of nitrogens with one attached hydrogen (secondary N) is 1. The smallest absolute Gasteiger partial charge is 0.280 e. The first-order valence-electron chi connectivity index (χ1n) is 10.6. The second kappa shape index (κ2) is 10.6. The van der Waals surface area contributed by atoms with E-state index in [9.17, 15) is 18.0 Å². The zero-order chi connectivity index (χ0) is 25.8. The summed E-state index contributed by atoms with van der Waals surface area (Å²) in [5.74, 6) is 2.20. The van der Waals surface area contributed by atoms with Gasteiger partial charge >= 0.3 is 0 Å². The van der Waals surface area contributed by atoms with E-state index in [1.165, 1.54) is 18.2 Å². The molecule has 2 aromatic heterocycles. The molecule has 0 atom stereocenters. The molecule has 0 fully saturated rings. The molecule has 2 aromatic carbocycles. The van der Waals surface area contributed by atoms with Crippen LogP contribution < -0.4 is 22.1 Å². The molecule has 0 unspecified atom stereocenters. The van der Waals surface area contributed by atoms with Crippen molar-refractivity contribution >= 4 is 28.3 Å². The van der Waals surface area contributed by atoms with Crippen molar-refractivity contribution in [1.29, 1.82) is 0 Å². The number of hydrazine groups is 1. The number of rotatable bonds is 8. The number of nitrogen functional groups attached to an aromatic ring is 1. The van der Waals surface area contributed by atoms with Crippen LogP contribution in [-0.4, -0.2) is 34.2 Å². The maximum absolute atomic E-state index is 14.6. The highest BCUT2D eigenvalue weighted by atomic mass is 19.1. The highest BCUT2D eigenvalue weighted by molar-refractivity contribution is 5.94. The molecular weight excluding hydrogens is 477 g/mol. The van der Waals surface area contributed by atoms with Gasteiger partial charge in [-0.05, 0) is 36.4 Å². The predicted octanol–water partition coefficient (Wildman–Crippen LogP) is 2.83. The number of amides is 1. The van der Waals surface area contributed by atoms with E-state index in [0.29, 0.717) is 10.9 Å². The first-order valence-corrected chi connectivity index (χ1v) is 10.6. The SMILES string of the molecule is Nc1ccc(-c2cc(F)c(C(=O)NOCCO)c(F)c2)nc1N(N)Cc1cc2cccnc2cc1F. The van der Waals surface area contributed by atoms with E-state index in [0.717, 1.165) is 17.1 Å². The van der Waals surface area contributed by atoms with Gasteiger partial charge in [-0.1, -0.05) is 6.07 Å². The molecule has 0 aliphatic carbocycles.